The smallest absolute Gasteiger partial charge is 0.151 e. The Morgan fingerprint density at radius 3 is 1.41 bits per heavy atom. The van der Waals surface area contributed by atoms with Gasteiger partial charge in [-0.05, 0) is 73.9 Å². The number of pyridine rings is 1. The van der Waals surface area contributed by atoms with Gasteiger partial charge in [-0.25, -0.2) is 32.5 Å². The molecular formula is C25H19F4N3. The lowest BCUT2D eigenvalue weighted by Gasteiger charge is -2.23. The maximum Gasteiger partial charge on any atom is 0.151 e. The second-order valence-corrected chi connectivity index (χ2v) is 7.97. The SMILES string of the molecule is Fc1cccc(F)c1/N=C1\CCCc2cc3c(nc21)/C(=N/c1c(F)cccc1F)CCC3. The van der Waals surface area contributed by atoms with Crippen LogP contribution in [0, 0.1) is 23.3 Å². The van der Waals surface area contributed by atoms with Gasteiger partial charge in [-0.2, -0.15) is 0 Å². The molecule has 1 heterocycles. The molecular weight excluding hydrogens is 418 g/mol. The second kappa shape index (κ2) is 8.30. The van der Waals surface area contributed by atoms with E-state index in [1.54, 1.807) is 0 Å². The normalized spacial score (nSPS) is 18.0. The van der Waals surface area contributed by atoms with Crippen LogP contribution in [0.3, 0.4) is 0 Å². The summed E-state index contributed by atoms with van der Waals surface area (Å²) >= 11 is 0. The molecule has 3 nitrogen and oxygen atoms in total. The highest BCUT2D eigenvalue weighted by atomic mass is 19.1. The molecule has 2 aliphatic carbocycles. The largest absolute Gasteiger partial charge is 0.245 e. The summed E-state index contributed by atoms with van der Waals surface area (Å²) in [5, 5.41) is 0. The number of para-hydroxylation sites is 2. The van der Waals surface area contributed by atoms with E-state index < -0.39 is 23.3 Å². The van der Waals surface area contributed by atoms with Gasteiger partial charge in [0.15, 0.2) is 23.3 Å². The molecule has 0 aliphatic heterocycles. The highest BCUT2D eigenvalue weighted by Crippen LogP contribution is 2.32. The van der Waals surface area contributed by atoms with Gasteiger partial charge in [0.25, 0.3) is 0 Å². The number of fused-ring (bicyclic) bond motifs is 2. The van der Waals surface area contributed by atoms with E-state index in [1.165, 1.54) is 36.4 Å². The average molecular weight is 437 g/mol. The molecule has 0 radical (unpaired) electrons. The summed E-state index contributed by atoms with van der Waals surface area (Å²) < 4.78 is 56.7. The molecule has 0 bridgehead atoms. The zero-order valence-corrected chi connectivity index (χ0v) is 17.1. The van der Waals surface area contributed by atoms with Gasteiger partial charge in [-0.15, -0.1) is 0 Å². The van der Waals surface area contributed by atoms with Crippen LogP contribution in [0.1, 0.15) is 48.2 Å². The number of hydrogen-bond donors (Lipinski definition) is 0. The third-order valence-corrected chi connectivity index (χ3v) is 5.82. The van der Waals surface area contributed by atoms with Crippen LogP contribution in [0.25, 0.3) is 0 Å². The van der Waals surface area contributed by atoms with Crippen molar-refractivity contribution in [1.82, 2.24) is 4.98 Å². The van der Waals surface area contributed by atoms with E-state index in [-0.39, 0.29) is 11.4 Å². The van der Waals surface area contributed by atoms with Gasteiger partial charge in [0, 0.05) is 0 Å². The van der Waals surface area contributed by atoms with Gasteiger partial charge < -0.3 is 0 Å². The highest BCUT2D eigenvalue weighted by Gasteiger charge is 2.25. The van der Waals surface area contributed by atoms with Crippen LogP contribution in [0.5, 0.6) is 0 Å². The number of aryl methyl sites for hydroxylation is 2. The Bertz CT molecular complexity index is 1150. The predicted molar refractivity (Wildman–Crippen MR) is 115 cm³/mol. The molecule has 0 spiro atoms. The Morgan fingerprint density at radius 1 is 0.594 bits per heavy atom. The zero-order chi connectivity index (χ0) is 22.2. The number of halogens is 4. The third kappa shape index (κ3) is 3.72. The van der Waals surface area contributed by atoms with Crippen LogP contribution in [-0.2, 0) is 12.8 Å². The fourth-order valence-electron chi connectivity index (χ4n) is 4.29. The van der Waals surface area contributed by atoms with Crippen molar-refractivity contribution >= 4 is 22.8 Å². The van der Waals surface area contributed by atoms with E-state index >= 15 is 0 Å². The quantitative estimate of drug-likeness (QED) is 0.419. The summed E-state index contributed by atoms with van der Waals surface area (Å²) in [7, 11) is 0. The molecule has 0 atom stereocenters. The Balaban J connectivity index is 1.64. The van der Waals surface area contributed by atoms with Gasteiger partial charge in [-0.3, -0.25) is 0 Å². The monoisotopic (exact) mass is 437 g/mol. The number of hydrogen-bond acceptors (Lipinski definition) is 3. The van der Waals surface area contributed by atoms with E-state index in [0.717, 1.165) is 36.8 Å². The van der Waals surface area contributed by atoms with Gasteiger partial charge in [-0.1, -0.05) is 18.2 Å². The minimum atomic E-state index is -0.736. The van der Waals surface area contributed by atoms with Crippen LogP contribution in [-0.4, -0.2) is 16.4 Å². The summed E-state index contributed by atoms with van der Waals surface area (Å²) in [6.45, 7) is 0. The molecule has 0 unspecified atom stereocenters. The number of aliphatic imine (C=N–C) groups is 2. The molecule has 162 valence electrons. The molecule has 0 N–H and O–H groups in total. The van der Waals surface area contributed by atoms with Gasteiger partial charge in [0.05, 0.1) is 22.8 Å². The van der Waals surface area contributed by atoms with Gasteiger partial charge >= 0.3 is 0 Å². The molecule has 3 aromatic rings. The highest BCUT2D eigenvalue weighted by molar-refractivity contribution is 6.06. The van der Waals surface area contributed by atoms with Crippen LogP contribution < -0.4 is 0 Å². The number of aromatic nitrogens is 1. The van der Waals surface area contributed by atoms with Crippen molar-refractivity contribution in [2.45, 2.75) is 38.5 Å². The van der Waals surface area contributed by atoms with Crippen LogP contribution in [0.4, 0.5) is 28.9 Å². The first-order chi connectivity index (χ1) is 15.5. The summed E-state index contributed by atoms with van der Waals surface area (Å²) in [4.78, 5) is 13.4. The third-order valence-electron chi connectivity index (χ3n) is 5.82. The van der Waals surface area contributed by atoms with Crippen molar-refractivity contribution in [1.29, 1.82) is 0 Å². The average Bonchev–Trinajstić information content (AvgIpc) is 2.78. The molecule has 7 heteroatoms. The minimum absolute atomic E-state index is 0.336. The first-order valence-corrected chi connectivity index (χ1v) is 10.6. The summed E-state index contributed by atoms with van der Waals surface area (Å²) in [6, 6.07) is 9.28. The molecule has 0 fully saturated rings. The molecule has 2 aromatic carbocycles. The predicted octanol–water partition coefficient (Wildman–Crippen LogP) is 6.55. The molecule has 32 heavy (non-hydrogen) atoms. The van der Waals surface area contributed by atoms with Crippen molar-refractivity contribution in [2.24, 2.45) is 9.98 Å². The van der Waals surface area contributed by atoms with Crippen molar-refractivity contribution < 1.29 is 17.6 Å². The fourth-order valence-corrected chi connectivity index (χ4v) is 4.29. The Morgan fingerprint density at radius 2 is 1.00 bits per heavy atom. The van der Waals surface area contributed by atoms with E-state index in [0.29, 0.717) is 35.7 Å². The fraction of sp³-hybridized carbons (Fsp3) is 0.240. The van der Waals surface area contributed by atoms with Crippen molar-refractivity contribution in [3.8, 4) is 0 Å². The lowest BCUT2D eigenvalue weighted by Crippen LogP contribution is -2.21. The lowest BCUT2D eigenvalue weighted by molar-refractivity contribution is 0.586. The summed E-state index contributed by atoms with van der Waals surface area (Å²) in [6.07, 6.45) is 4.21. The molecule has 2 aliphatic rings. The van der Waals surface area contributed by atoms with Crippen molar-refractivity contribution in [2.75, 3.05) is 0 Å². The minimum Gasteiger partial charge on any atom is -0.245 e. The van der Waals surface area contributed by atoms with Crippen LogP contribution in [0.2, 0.25) is 0 Å². The standard InChI is InChI=1S/C25H19F4N3/c26-16-7-3-8-17(27)24(16)30-20-11-1-5-14-13-15-6-2-12-21(23(15)32-22(14)20)31-25-18(28)9-4-10-19(25)29/h3-4,7-10,13H,1-2,5-6,11-12H2/b30-20+,31-21+. The molecule has 0 saturated heterocycles. The Labute approximate surface area is 182 Å². The maximum absolute atomic E-state index is 14.2. The van der Waals surface area contributed by atoms with Gasteiger partial charge in [0.2, 0.25) is 0 Å². The van der Waals surface area contributed by atoms with Crippen molar-refractivity contribution in [3.05, 3.63) is 88.2 Å². The zero-order valence-electron chi connectivity index (χ0n) is 17.1. The van der Waals surface area contributed by atoms with Gasteiger partial charge in [0.1, 0.15) is 11.4 Å². The topological polar surface area (TPSA) is 37.6 Å². The van der Waals surface area contributed by atoms with E-state index in [2.05, 4.69) is 9.98 Å². The summed E-state index contributed by atoms with van der Waals surface area (Å²) in [5.41, 5.74) is 3.39. The molecule has 5 rings (SSSR count). The van der Waals surface area contributed by atoms with Crippen LogP contribution >= 0.6 is 0 Å². The second-order valence-electron chi connectivity index (χ2n) is 7.97. The molecule has 0 saturated carbocycles. The van der Waals surface area contributed by atoms with E-state index in [4.69, 9.17) is 4.98 Å². The first kappa shape index (κ1) is 20.5. The number of nitrogens with zero attached hydrogens (tertiary/aromatic N) is 3. The maximum atomic E-state index is 14.2. The first-order valence-electron chi connectivity index (χ1n) is 10.6. The Hall–Kier alpha value is -3.35. The number of rotatable bonds is 2. The molecule has 1 aromatic heterocycles. The lowest BCUT2D eigenvalue weighted by atomic mass is 9.87. The van der Waals surface area contributed by atoms with Crippen molar-refractivity contribution in [3.63, 3.8) is 0 Å². The van der Waals surface area contributed by atoms with E-state index in [1.807, 2.05) is 6.07 Å². The van der Waals surface area contributed by atoms with Crippen LogP contribution in [0.15, 0.2) is 52.4 Å². The number of benzene rings is 2. The summed E-state index contributed by atoms with van der Waals surface area (Å²) in [5.74, 6) is -2.94. The van der Waals surface area contributed by atoms with E-state index in [9.17, 15) is 17.6 Å². The molecule has 0 amide bonds. The Kier molecular flexibility index (Phi) is 5.33.